The van der Waals surface area contributed by atoms with E-state index in [9.17, 15) is 19.8 Å². The average Bonchev–Trinajstić information content (AvgIpc) is 2.75. The van der Waals surface area contributed by atoms with Crippen LogP contribution in [0.2, 0.25) is 0 Å². The summed E-state index contributed by atoms with van der Waals surface area (Å²) >= 11 is 0. The third-order valence-electron chi connectivity index (χ3n) is 6.17. The van der Waals surface area contributed by atoms with Crippen molar-refractivity contribution in [1.29, 1.82) is 0 Å². The molecule has 6 heteroatoms. The Bertz CT molecular complexity index is 571. The van der Waals surface area contributed by atoms with Gasteiger partial charge in [-0.15, -0.1) is 0 Å². The fraction of sp³-hybridized carbons (Fsp3) is 0.765. The van der Waals surface area contributed by atoms with E-state index >= 15 is 0 Å². The van der Waals surface area contributed by atoms with Crippen molar-refractivity contribution in [3.05, 3.63) is 12.2 Å². The molecule has 128 valence electrons. The number of carbonyl (C=O) groups excluding carboxylic acids is 2. The number of aliphatic hydroxyl groups excluding tert-OH is 1. The molecule has 7 unspecified atom stereocenters. The second-order valence-corrected chi connectivity index (χ2v) is 7.42. The van der Waals surface area contributed by atoms with Gasteiger partial charge in [-0.1, -0.05) is 20.4 Å². The predicted molar refractivity (Wildman–Crippen MR) is 80.1 cm³/mol. The Labute approximate surface area is 135 Å². The number of ether oxygens (including phenoxy) is 2. The normalized spacial score (nSPS) is 49.2. The molecule has 0 aromatic rings. The molecule has 7 atom stereocenters. The molecule has 0 radical (unpaired) electrons. The lowest BCUT2D eigenvalue weighted by atomic mass is 9.50. The van der Waals surface area contributed by atoms with Crippen LogP contribution in [-0.4, -0.2) is 46.1 Å². The van der Waals surface area contributed by atoms with Crippen molar-refractivity contribution in [2.75, 3.05) is 0 Å². The van der Waals surface area contributed by atoms with E-state index in [4.69, 9.17) is 9.47 Å². The highest BCUT2D eigenvalue weighted by Crippen LogP contribution is 2.60. The van der Waals surface area contributed by atoms with Crippen LogP contribution in [0.1, 0.15) is 40.0 Å². The number of carbonyl (C=O) groups is 2. The lowest BCUT2D eigenvalue weighted by molar-refractivity contribution is -0.242. The van der Waals surface area contributed by atoms with Gasteiger partial charge in [0.2, 0.25) is 0 Å². The Morgan fingerprint density at radius 1 is 1.48 bits per heavy atom. The highest BCUT2D eigenvalue weighted by molar-refractivity contribution is 5.75. The first-order chi connectivity index (χ1) is 10.6. The molecule has 1 saturated heterocycles. The van der Waals surface area contributed by atoms with E-state index in [1.165, 1.54) is 6.92 Å². The van der Waals surface area contributed by atoms with Gasteiger partial charge in [0.05, 0.1) is 12.0 Å². The van der Waals surface area contributed by atoms with Crippen molar-refractivity contribution in [3.63, 3.8) is 0 Å². The second-order valence-electron chi connectivity index (χ2n) is 7.42. The molecule has 23 heavy (non-hydrogen) atoms. The van der Waals surface area contributed by atoms with Crippen LogP contribution >= 0.6 is 0 Å². The minimum Gasteiger partial charge on any atom is -0.462 e. The average molecular weight is 324 g/mol. The van der Waals surface area contributed by atoms with E-state index in [1.54, 1.807) is 13.8 Å². The third-order valence-corrected chi connectivity index (χ3v) is 6.17. The molecule has 1 heterocycles. The molecular formula is C17H24O6. The van der Waals surface area contributed by atoms with Crippen LogP contribution in [0.4, 0.5) is 0 Å². The summed E-state index contributed by atoms with van der Waals surface area (Å²) in [6.07, 6.45) is -0.982. The lowest BCUT2D eigenvalue weighted by Crippen LogP contribution is -2.70. The van der Waals surface area contributed by atoms with Gasteiger partial charge in [0.25, 0.3) is 0 Å². The topological polar surface area (TPSA) is 93.1 Å². The van der Waals surface area contributed by atoms with Gasteiger partial charge >= 0.3 is 11.9 Å². The van der Waals surface area contributed by atoms with Gasteiger partial charge in [-0.05, 0) is 24.8 Å². The van der Waals surface area contributed by atoms with Crippen molar-refractivity contribution in [2.24, 2.45) is 17.3 Å². The van der Waals surface area contributed by atoms with Crippen molar-refractivity contribution in [2.45, 2.75) is 63.9 Å². The van der Waals surface area contributed by atoms with Crippen molar-refractivity contribution < 1.29 is 29.3 Å². The molecule has 3 aliphatic rings. The minimum atomic E-state index is -1.50. The fourth-order valence-electron chi connectivity index (χ4n) is 4.87. The molecule has 0 aromatic heterocycles. The van der Waals surface area contributed by atoms with Crippen LogP contribution in [0, 0.1) is 17.3 Å². The number of hydrogen-bond donors (Lipinski definition) is 2. The molecule has 2 aliphatic carbocycles. The predicted octanol–water partition coefficient (Wildman–Crippen LogP) is 0.948. The van der Waals surface area contributed by atoms with Crippen LogP contribution in [0.15, 0.2) is 12.2 Å². The third kappa shape index (κ3) is 2.01. The molecule has 2 saturated carbocycles. The smallest absolute Gasteiger partial charge is 0.309 e. The SMILES string of the molecule is C=C1CCC(OC(C)=O)C2(C)CC(O)C3C(C)C(=O)OC3C12O. The van der Waals surface area contributed by atoms with E-state index < -0.39 is 53.1 Å². The molecule has 0 amide bonds. The number of esters is 2. The first-order valence-corrected chi connectivity index (χ1v) is 8.09. The van der Waals surface area contributed by atoms with Gasteiger partial charge in [0, 0.05) is 18.3 Å². The fourth-order valence-corrected chi connectivity index (χ4v) is 4.87. The largest absolute Gasteiger partial charge is 0.462 e. The van der Waals surface area contributed by atoms with Gasteiger partial charge in [-0.3, -0.25) is 9.59 Å². The summed E-state index contributed by atoms with van der Waals surface area (Å²) in [6, 6.07) is 0. The van der Waals surface area contributed by atoms with Gasteiger partial charge in [-0.2, -0.15) is 0 Å². The Kier molecular flexibility index (Phi) is 3.61. The quantitative estimate of drug-likeness (QED) is 0.551. The Morgan fingerprint density at radius 2 is 2.13 bits per heavy atom. The summed E-state index contributed by atoms with van der Waals surface area (Å²) in [4.78, 5) is 23.5. The molecule has 3 fully saturated rings. The summed E-state index contributed by atoms with van der Waals surface area (Å²) < 4.78 is 10.9. The van der Waals surface area contributed by atoms with Gasteiger partial charge < -0.3 is 19.7 Å². The Hall–Kier alpha value is -1.40. The maximum atomic E-state index is 12.0. The van der Waals surface area contributed by atoms with Crippen LogP contribution in [0.25, 0.3) is 0 Å². The number of hydrogen-bond acceptors (Lipinski definition) is 6. The summed E-state index contributed by atoms with van der Waals surface area (Å²) in [7, 11) is 0. The number of aliphatic hydroxyl groups is 2. The highest BCUT2D eigenvalue weighted by Gasteiger charge is 2.70. The molecule has 6 nitrogen and oxygen atoms in total. The van der Waals surface area contributed by atoms with E-state index in [0.717, 1.165) is 0 Å². The first-order valence-electron chi connectivity index (χ1n) is 8.09. The van der Waals surface area contributed by atoms with E-state index in [1.807, 2.05) is 0 Å². The maximum absolute atomic E-state index is 12.0. The van der Waals surface area contributed by atoms with Crippen molar-refractivity contribution in [1.82, 2.24) is 0 Å². The summed E-state index contributed by atoms with van der Waals surface area (Å²) in [5, 5.41) is 22.2. The molecule has 3 rings (SSSR count). The van der Waals surface area contributed by atoms with Crippen molar-refractivity contribution in [3.8, 4) is 0 Å². The zero-order valence-electron chi connectivity index (χ0n) is 13.7. The van der Waals surface area contributed by atoms with E-state index in [2.05, 4.69) is 6.58 Å². The van der Waals surface area contributed by atoms with E-state index in [0.29, 0.717) is 18.4 Å². The highest BCUT2D eigenvalue weighted by atomic mass is 16.6. The number of fused-ring (bicyclic) bond motifs is 3. The maximum Gasteiger partial charge on any atom is 0.309 e. The van der Waals surface area contributed by atoms with Crippen LogP contribution in [-0.2, 0) is 19.1 Å². The molecule has 2 N–H and O–H groups in total. The van der Waals surface area contributed by atoms with E-state index in [-0.39, 0.29) is 6.42 Å². The van der Waals surface area contributed by atoms with Crippen molar-refractivity contribution >= 4 is 11.9 Å². The minimum absolute atomic E-state index is 0.225. The lowest BCUT2D eigenvalue weighted by Gasteiger charge is -2.59. The monoisotopic (exact) mass is 324 g/mol. The van der Waals surface area contributed by atoms with Gasteiger partial charge in [0.15, 0.2) is 0 Å². The zero-order chi connectivity index (χ0) is 17.2. The second kappa shape index (κ2) is 5.05. The summed E-state index contributed by atoms with van der Waals surface area (Å²) in [6.45, 7) is 8.81. The summed E-state index contributed by atoms with van der Waals surface area (Å²) in [5.74, 6) is -1.81. The zero-order valence-corrected chi connectivity index (χ0v) is 13.7. The molecule has 0 bridgehead atoms. The summed E-state index contributed by atoms with van der Waals surface area (Å²) in [5.41, 5.74) is -1.87. The van der Waals surface area contributed by atoms with Crippen LogP contribution in [0.3, 0.4) is 0 Å². The standard InChI is InChI=1S/C17H24O6/c1-8-5-6-12(22-10(3)18)16(4)7-11(19)13-9(2)15(20)23-14(13)17(8,16)21/h9,11-14,19,21H,1,5-7H2,2-4H3. The van der Waals surface area contributed by atoms with Crippen LogP contribution in [0.5, 0.6) is 0 Å². The Balaban J connectivity index is 2.08. The molecule has 1 aliphatic heterocycles. The van der Waals surface area contributed by atoms with Gasteiger partial charge in [0.1, 0.15) is 17.8 Å². The van der Waals surface area contributed by atoms with Gasteiger partial charge in [-0.25, -0.2) is 0 Å². The number of rotatable bonds is 1. The van der Waals surface area contributed by atoms with Crippen LogP contribution < -0.4 is 0 Å². The molecule has 0 spiro atoms. The Morgan fingerprint density at radius 3 is 2.74 bits per heavy atom. The first kappa shape index (κ1) is 16.5. The molecule has 0 aromatic carbocycles. The molecular weight excluding hydrogens is 300 g/mol.